The maximum Gasteiger partial charge on any atom is 0.272 e. The van der Waals surface area contributed by atoms with E-state index in [2.05, 4.69) is 9.69 Å². The summed E-state index contributed by atoms with van der Waals surface area (Å²) in [6.45, 7) is 2.14. The summed E-state index contributed by atoms with van der Waals surface area (Å²) in [4.78, 5) is 38.7. The molecular formula is C22H23N5O3S. The number of nitrogens with two attached hydrogens (primary N) is 2. The van der Waals surface area contributed by atoms with Crippen molar-refractivity contribution in [1.29, 1.82) is 0 Å². The SMILES string of the molecule is CCc1ccc(N(CC(=O)NCc2ccccc2)C(=O)c2snc(C(N)=O)c2N)cc1. The highest BCUT2D eigenvalue weighted by atomic mass is 32.1. The average molecular weight is 438 g/mol. The molecule has 3 amide bonds. The molecule has 0 atom stereocenters. The van der Waals surface area contributed by atoms with Gasteiger partial charge in [0.1, 0.15) is 11.4 Å². The minimum atomic E-state index is -0.813. The Morgan fingerprint density at radius 1 is 1.03 bits per heavy atom. The fourth-order valence-corrected chi connectivity index (χ4v) is 3.69. The van der Waals surface area contributed by atoms with Gasteiger partial charge in [-0.2, -0.15) is 4.37 Å². The van der Waals surface area contributed by atoms with Crippen LogP contribution in [0.1, 0.15) is 38.2 Å². The average Bonchev–Trinajstić information content (AvgIpc) is 3.18. The van der Waals surface area contributed by atoms with Gasteiger partial charge in [0.25, 0.3) is 11.8 Å². The van der Waals surface area contributed by atoms with Crippen LogP contribution < -0.4 is 21.7 Å². The second-order valence-electron chi connectivity index (χ2n) is 6.81. The number of rotatable bonds is 8. The Kier molecular flexibility index (Phi) is 6.99. The Bertz CT molecular complexity index is 1080. The number of hydrogen-bond acceptors (Lipinski definition) is 6. The maximum atomic E-state index is 13.3. The van der Waals surface area contributed by atoms with Gasteiger partial charge in [-0.3, -0.25) is 19.3 Å². The summed E-state index contributed by atoms with van der Waals surface area (Å²) in [5, 5.41) is 2.82. The summed E-state index contributed by atoms with van der Waals surface area (Å²) >= 11 is 0.782. The first kappa shape index (κ1) is 22.0. The molecule has 0 radical (unpaired) electrons. The van der Waals surface area contributed by atoms with Crippen LogP contribution in [-0.4, -0.2) is 28.6 Å². The van der Waals surface area contributed by atoms with E-state index in [4.69, 9.17) is 11.5 Å². The Hall–Kier alpha value is -3.72. The lowest BCUT2D eigenvalue weighted by Crippen LogP contribution is -2.40. The lowest BCUT2D eigenvalue weighted by atomic mass is 10.1. The summed E-state index contributed by atoms with van der Waals surface area (Å²) in [7, 11) is 0. The molecule has 1 aromatic heterocycles. The van der Waals surface area contributed by atoms with Crippen molar-refractivity contribution in [2.75, 3.05) is 17.2 Å². The first-order chi connectivity index (χ1) is 14.9. The van der Waals surface area contributed by atoms with E-state index in [1.165, 1.54) is 4.90 Å². The molecule has 8 nitrogen and oxygen atoms in total. The van der Waals surface area contributed by atoms with Crippen LogP contribution in [-0.2, 0) is 17.8 Å². The smallest absolute Gasteiger partial charge is 0.272 e. The van der Waals surface area contributed by atoms with Crippen LogP contribution >= 0.6 is 11.5 Å². The number of aromatic nitrogens is 1. The molecule has 0 aliphatic rings. The van der Waals surface area contributed by atoms with Gasteiger partial charge in [-0.25, -0.2) is 0 Å². The number of primary amides is 1. The first-order valence-electron chi connectivity index (χ1n) is 9.67. The van der Waals surface area contributed by atoms with Crippen LogP contribution in [0.2, 0.25) is 0 Å². The molecule has 2 aromatic carbocycles. The van der Waals surface area contributed by atoms with Gasteiger partial charge in [0.15, 0.2) is 5.69 Å². The summed E-state index contributed by atoms with van der Waals surface area (Å²) in [6, 6.07) is 16.8. The monoisotopic (exact) mass is 437 g/mol. The number of anilines is 2. The predicted molar refractivity (Wildman–Crippen MR) is 121 cm³/mol. The fourth-order valence-electron chi connectivity index (χ4n) is 2.94. The van der Waals surface area contributed by atoms with Gasteiger partial charge in [0.2, 0.25) is 5.91 Å². The van der Waals surface area contributed by atoms with E-state index in [1.54, 1.807) is 12.1 Å². The molecule has 0 saturated carbocycles. The molecule has 0 saturated heterocycles. The third-order valence-corrected chi connectivity index (χ3v) is 5.54. The van der Waals surface area contributed by atoms with Crippen LogP contribution in [0.5, 0.6) is 0 Å². The molecule has 3 rings (SSSR count). The van der Waals surface area contributed by atoms with Crippen LogP contribution in [0.4, 0.5) is 11.4 Å². The minimum absolute atomic E-state index is 0.0595. The molecule has 0 aliphatic heterocycles. The number of aryl methyl sites for hydroxylation is 1. The molecule has 0 fully saturated rings. The lowest BCUT2D eigenvalue weighted by molar-refractivity contribution is -0.119. The minimum Gasteiger partial charge on any atom is -0.395 e. The number of carbonyl (C=O) groups is 3. The van der Waals surface area contributed by atoms with Crippen LogP contribution in [0.3, 0.4) is 0 Å². The van der Waals surface area contributed by atoms with Gasteiger partial charge in [-0.05, 0) is 41.2 Å². The zero-order valence-electron chi connectivity index (χ0n) is 17.0. The largest absolute Gasteiger partial charge is 0.395 e. The lowest BCUT2D eigenvalue weighted by Gasteiger charge is -2.22. The number of nitrogens with one attached hydrogen (secondary N) is 1. The first-order valence-corrected chi connectivity index (χ1v) is 10.4. The van der Waals surface area contributed by atoms with Crippen molar-refractivity contribution in [2.24, 2.45) is 5.73 Å². The maximum absolute atomic E-state index is 13.3. The number of nitrogens with zero attached hydrogens (tertiary/aromatic N) is 2. The zero-order chi connectivity index (χ0) is 22.4. The standard InChI is InChI=1S/C22H23N5O3S/c1-2-14-8-10-16(11-9-14)27(13-17(28)25-12-15-6-4-3-5-7-15)22(30)20-18(23)19(21(24)29)26-31-20/h3-11H,2,12-13,23H2,1H3,(H2,24,29)(H,25,28). The van der Waals surface area contributed by atoms with Gasteiger partial charge in [0, 0.05) is 12.2 Å². The van der Waals surface area contributed by atoms with Gasteiger partial charge >= 0.3 is 0 Å². The van der Waals surface area contributed by atoms with E-state index < -0.39 is 11.8 Å². The van der Waals surface area contributed by atoms with E-state index in [1.807, 2.05) is 49.4 Å². The van der Waals surface area contributed by atoms with Crippen LogP contribution in [0.15, 0.2) is 54.6 Å². The normalized spacial score (nSPS) is 10.5. The van der Waals surface area contributed by atoms with E-state index in [-0.39, 0.29) is 28.7 Å². The molecule has 31 heavy (non-hydrogen) atoms. The third kappa shape index (κ3) is 5.26. The summed E-state index contributed by atoms with van der Waals surface area (Å²) in [5.74, 6) is -1.68. The molecule has 0 aliphatic carbocycles. The van der Waals surface area contributed by atoms with E-state index in [9.17, 15) is 14.4 Å². The quantitative estimate of drug-likeness (QED) is 0.498. The molecule has 0 unspecified atom stereocenters. The van der Waals surface area contributed by atoms with E-state index in [0.29, 0.717) is 12.2 Å². The van der Waals surface area contributed by atoms with Gasteiger partial charge in [-0.1, -0.05) is 49.4 Å². The van der Waals surface area contributed by atoms with Crippen molar-refractivity contribution in [3.63, 3.8) is 0 Å². The second kappa shape index (κ2) is 9.86. The van der Waals surface area contributed by atoms with Gasteiger partial charge < -0.3 is 16.8 Å². The van der Waals surface area contributed by atoms with Crippen LogP contribution in [0, 0.1) is 0 Å². The molecule has 0 spiro atoms. The summed E-state index contributed by atoms with van der Waals surface area (Å²) < 4.78 is 3.89. The second-order valence-corrected chi connectivity index (χ2v) is 7.59. The third-order valence-electron chi connectivity index (χ3n) is 4.69. The topological polar surface area (TPSA) is 131 Å². The predicted octanol–water partition coefficient (Wildman–Crippen LogP) is 2.35. The zero-order valence-corrected chi connectivity index (χ0v) is 17.8. The van der Waals surface area contributed by atoms with Crippen molar-refractivity contribution in [3.8, 4) is 0 Å². The number of amides is 3. The number of benzene rings is 2. The highest BCUT2D eigenvalue weighted by Gasteiger charge is 2.27. The molecule has 3 aromatic rings. The number of carbonyl (C=O) groups excluding carboxylic acids is 3. The van der Waals surface area contributed by atoms with Crippen molar-refractivity contribution in [3.05, 3.63) is 76.3 Å². The highest BCUT2D eigenvalue weighted by Crippen LogP contribution is 2.26. The van der Waals surface area contributed by atoms with Crippen molar-refractivity contribution in [1.82, 2.24) is 9.69 Å². The molecule has 9 heteroatoms. The molecule has 0 bridgehead atoms. The van der Waals surface area contributed by atoms with Gasteiger partial charge in [0.05, 0.1) is 5.69 Å². The molecular weight excluding hydrogens is 414 g/mol. The van der Waals surface area contributed by atoms with Crippen molar-refractivity contribution in [2.45, 2.75) is 19.9 Å². The number of hydrogen-bond donors (Lipinski definition) is 3. The molecule has 160 valence electrons. The fraction of sp³-hybridized carbons (Fsp3) is 0.182. The molecule has 1 heterocycles. The van der Waals surface area contributed by atoms with E-state index >= 15 is 0 Å². The Labute approximate surface area is 184 Å². The van der Waals surface area contributed by atoms with Crippen molar-refractivity contribution >= 4 is 40.6 Å². The Morgan fingerprint density at radius 3 is 2.29 bits per heavy atom. The van der Waals surface area contributed by atoms with Crippen LogP contribution in [0.25, 0.3) is 0 Å². The van der Waals surface area contributed by atoms with Crippen molar-refractivity contribution < 1.29 is 14.4 Å². The Morgan fingerprint density at radius 2 is 1.71 bits per heavy atom. The number of nitrogen functional groups attached to an aromatic ring is 1. The molecule has 5 N–H and O–H groups in total. The Balaban J connectivity index is 1.84. The highest BCUT2D eigenvalue weighted by molar-refractivity contribution is 7.09. The van der Waals surface area contributed by atoms with Gasteiger partial charge in [-0.15, -0.1) is 0 Å². The summed E-state index contributed by atoms with van der Waals surface area (Å²) in [5.41, 5.74) is 13.5. The summed E-state index contributed by atoms with van der Waals surface area (Å²) in [6.07, 6.45) is 0.843. The van der Waals surface area contributed by atoms with E-state index in [0.717, 1.165) is 29.1 Å².